The van der Waals surface area contributed by atoms with Crippen molar-refractivity contribution in [1.82, 2.24) is 0 Å². The van der Waals surface area contributed by atoms with Gasteiger partial charge in [0.2, 0.25) is 0 Å². The smallest absolute Gasteiger partial charge is 0.133 e. The summed E-state index contributed by atoms with van der Waals surface area (Å²) in [6.45, 7) is 0. The number of rotatable bonds is 1. The zero-order valence-electron chi connectivity index (χ0n) is 10.0. The number of anilines is 1. The lowest BCUT2D eigenvalue weighted by Crippen LogP contribution is -2.41. The van der Waals surface area contributed by atoms with Crippen molar-refractivity contribution in [2.75, 3.05) is 19.5 Å². The number of ether oxygens (including phenoxy) is 1. The molecule has 1 N–H and O–H groups in total. The van der Waals surface area contributed by atoms with E-state index in [0.29, 0.717) is 0 Å². The van der Waals surface area contributed by atoms with Crippen molar-refractivity contribution in [3.05, 3.63) is 22.2 Å². The van der Waals surface area contributed by atoms with Gasteiger partial charge in [0.05, 0.1) is 17.0 Å². The first-order valence-corrected chi connectivity index (χ1v) is 6.63. The van der Waals surface area contributed by atoms with E-state index in [1.54, 1.807) is 7.11 Å². The van der Waals surface area contributed by atoms with Crippen molar-refractivity contribution in [1.29, 1.82) is 0 Å². The molecule has 4 heteroatoms. The van der Waals surface area contributed by atoms with Crippen LogP contribution in [0.5, 0.6) is 5.75 Å². The van der Waals surface area contributed by atoms with Crippen molar-refractivity contribution in [3.8, 4) is 5.75 Å². The molecule has 90 valence electrons. The molecule has 1 heterocycles. The van der Waals surface area contributed by atoms with E-state index in [-0.39, 0.29) is 5.41 Å². The molecule has 17 heavy (non-hydrogen) atoms. The van der Waals surface area contributed by atoms with Crippen LogP contribution in [0.15, 0.2) is 21.6 Å². The van der Waals surface area contributed by atoms with Crippen molar-refractivity contribution in [2.45, 2.75) is 24.7 Å². The predicted molar refractivity (Wildman–Crippen MR) is 73.2 cm³/mol. The second-order valence-corrected chi connectivity index (χ2v) is 5.52. The van der Waals surface area contributed by atoms with E-state index in [4.69, 9.17) is 4.74 Å². The predicted octanol–water partition coefficient (Wildman–Crippen LogP) is 3.33. The molecule has 3 rings (SSSR count). The molecule has 0 amide bonds. The Labute approximate surface area is 109 Å². The van der Waals surface area contributed by atoms with Crippen LogP contribution in [0.4, 0.5) is 5.69 Å². The van der Waals surface area contributed by atoms with E-state index in [9.17, 15) is 0 Å². The van der Waals surface area contributed by atoms with Crippen LogP contribution in [0.2, 0.25) is 0 Å². The molecular weight excluding hydrogens is 280 g/mol. The Morgan fingerprint density at radius 2 is 2.18 bits per heavy atom. The van der Waals surface area contributed by atoms with Crippen LogP contribution in [-0.2, 0) is 5.41 Å². The van der Waals surface area contributed by atoms with Gasteiger partial charge in [0.25, 0.3) is 0 Å². The Morgan fingerprint density at radius 1 is 1.41 bits per heavy atom. The fourth-order valence-electron chi connectivity index (χ4n) is 2.89. The van der Waals surface area contributed by atoms with Crippen LogP contribution >= 0.6 is 15.9 Å². The lowest BCUT2D eigenvalue weighted by Gasteiger charge is -2.38. The van der Waals surface area contributed by atoms with Crippen LogP contribution in [0.3, 0.4) is 0 Å². The highest BCUT2D eigenvalue weighted by Crippen LogP contribution is 2.53. The molecule has 1 fully saturated rings. The molecule has 0 unspecified atom stereocenters. The van der Waals surface area contributed by atoms with Gasteiger partial charge in [0.15, 0.2) is 0 Å². The van der Waals surface area contributed by atoms with Crippen molar-refractivity contribution >= 4 is 27.5 Å². The summed E-state index contributed by atoms with van der Waals surface area (Å²) in [4.78, 5) is 4.41. The van der Waals surface area contributed by atoms with Gasteiger partial charge in [-0.15, -0.1) is 0 Å². The van der Waals surface area contributed by atoms with Gasteiger partial charge in [-0.1, -0.05) is 6.42 Å². The van der Waals surface area contributed by atoms with Crippen LogP contribution in [0.1, 0.15) is 24.8 Å². The Morgan fingerprint density at radius 3 is 2.71 bits per heavy atom. The summed E-state index contributed by atoms with van der Waals surface area (Å²) in [6, 6.07) is 4.23. The molecule has 2 aliphatic rings. The summed E-state index contributed by atoms with van der Waals surface area (Å²) in [6.07, 6.45) is 3.65. The van der Waals surface area contributed by atoms with Crippen molar-refractivity contribution in [2.24, 2.45) is 4.99 Å². The van der Waals surface area contributed by atoms with Crippen LogP contribution in [-0.4, -0.2) is 20.0 Å². The van der Waals surface area contributed by atoms with Crippen LogP contribution in [0.25, 0.3) is 0 Å². The Bertz CT molecular complexity index is 506. The fraction of sp³-hybridized carbons (Fsp3) is 0.462. The fourth-order valence-corrected chi connectivity index (χ4v) is 3.40. The third-order valence-corrected chi connectivity index (χ3v) is 4.56. The standard InChI is InChI=1S/C13H15BrN2O/c1-15-12-13(4-3-5-13)8-6-11(17-2)9(14)7-10(8)16-12/h6-7H,3-5H2,1-2H3,(H,15,16). The average Bonchev–Trinajstić information content (AvgIpc) is 2.60. The number of benzene rings is 1. The average molecular weight is 295 g/mol. The van der Waals surface area contributed by atoms with E-state index in [1.165, 1.54) is 24.8 Å². The second-order valence-electron chi connectivity index (χ2n) is 4.67. The molecule has 0 saturated heterocycles. The Hall–Kier alpha value is -1.03. The van der Waals surface area contributed by atoms with Gasteiger partial charge in [-0.05, 0) is 46.5 Å². The number of aliphatic imine (C=N–C) groups is 1. The number of methoxy groups -OCH3 is 1. The topological polar surface area (TPSA) is 33.6 Å². The second kappa shape index (κ2) is 3.73. The summed E-state index contributed by atoms with van der Waals surface area (Å²) in [5, 5.41) is 3.43. The third kappa shape index (κ3) is 1.36. The molecule has 1 saturated carbocycles. The molecule has 1 aliphatic heterocycles. The highest BCUT2D eigenvalue weighted by atomic mass is 79.9. The minimum Gasteiger partial charge on any atom is -0.496 e. The molecule has 1 aromatic carbocycles. The largest absolute Gasteiger partial charge is 0.496 e. The SMILES string of the molecule is CN=C1Nc2cc(Br)c(OC)cc2C12CCC2. The minimum absolute atomic E-state index is 0.137. The molecule has 0 aromatic heterocycles. The normalized spacial score (nSPS) is 22.2. The van der Waals surface area contributed by atoms with Gasteiger partial charge in [0.1, 0.15) is 11.6 Å². The number of nitrogens with zero attached hydrogens (tertiary/aromatic N) is 1. The van der Waals surface area contributed by atoms with E-state index in [2.05, 4.69) is 38.4 Å². The number of hydrogen-bond acceptors (Lipinski definition) is 2. The maximum Gasteiger partial charge on any atom is 0.133 e. The quantitative estimate of drug-likeness (QED) is 0.862. The summed E-state index contributed by atoms with van der Waals surface area (Å²) in [5.41, 5.74) is 2.64. The number of nitrogens with one attached hydrogen (secondary N) is 1. The molecule has 0 radical (unpaired) electrons. The first-order chi connectivity index (χ1) is 8.21. The zero-order chi connectivity index (χ0) is 12.0. The lowest BCUT2D eigenvalue weighted by atomic mass is 9.65. The monoisotopic (exact) mass is 294 g/mol. The lowest BCUT2D eigenvalue weighted by molar-refractivity contribution is 0.344. The Kier molecular flexibility index (Phi) is 2.43. The van der Waals surface area contributed by atoms with E-state index in [1.807, 2.05) is 7.05 Å². The van der Waals surface area contributed by atoms with Crippen molar-refractivity contribution in [3.63, 3.8) is 0 Å². The highest BCUT2D eigenvalue weighted by molar-refractivity contribution is 9.10. The van der Waals surface area contributed by atoms with E-state index >= 15 is 0 Å². The summed E-state index contributed by atoms with van der Waals surface area (Å²) in [7, 11) is 3.57. The van der Waals surface area contributed by atoms with Gasteiger partial charge < -0.3 is 10.1 Å². The van der Waals surface area contributed by atoms with Crippen LogP contribution < -0.4 is 10.1 Å². The number of fused-ring (bicyclic) bond motifs is 2. The number of hydrogen-bond donors (Lipinski definition) is 1. The maximum absolute atomic E-state index is 5.39. The minimum atomic E-state index is 0.137. The van der Waals surface area contributed by atoms with Crippen LogP contribution in [0, 0.1) is 0 Å². The highest BCUT2D eigenvalue weighted by Gasteiger charge is 2.49. The van der Waals surface area contributed by atoms with Gasteiger partial charge in [-0.25, -0.2) is 0 Å². The first-order valence-electron chi connectivity index (χ1n) is 5.83. The first kappa shape index (κ1) is 11.1. The van der Waals surface area contributed by atoms with Gasteiger partial charge in [0, 0.05) is 12.7 Å². The van der Waals surface area contributed by atoms with Gasteiger partial charge >= 0.3 is 0 Å². The molecule has 3 nitrogen and oxygen atoms in total. The summed E-state index contributed by atoms with van der Waals surface area (Å²) in [5.74, 6) is 2.01. The molecule has 1 aromatic rings. The van der Waals surface area contributed by atoms with Gasteiger partial charge in [-0.3, -0.25) is 4.99 Å². The van der Waals surface area contributed by atoms with Crippen molar-refractivity contribution < 1.29 is 4.74 Å². The molecule has 1 spiro atoms. The molecule has 0 atom stereocenters. The van der Waals surface area contributed by atoms with E-state index < -0.39 is 0 Å². The summed E-state index contributed by atoms with van der Waals surface area (Å²) >= 11 is 3.52. The number of amidine groups is 1. The maximum atomic E-state index is 5.39. The molecular formula is C13H15BrN2O. The summed E-state index contributed by atoms with van der Waals surface area (Å²) < 4.78 is 6.37. The van der Waals surface area contributed by atoms with Gasteiger partial charge in [-0.2, -0.15) is 0 Å². The third-order valence-electron chi connectivity index (χ3n) is 3.94. The zero-order valence-corrected chi connectivity index (χ0v) is 11.6. The van der Waals surface area contributed by atoms with E-state index in [0.717, 1.165) is 21.7 Å². The number of halogens is 1. The molecule has 1 aliphatic carbocycles. The Balaban J connectivity index is 2.17. The molecule has 0 bridgehead atoms.